The van der Waals surface area contributed by atoms with Crippen molar-refractivity contribution in [2.24, 2.45) is 0 Å². The maximum absolute atomic E-state index is 10.3. The summed E-state index contributed by atoms with van der Waals surface area (Å²) in [5, 5.41) is 4.08. The van der Waals surface area contributed by atoms with E-state index in [9.17, 15) is 4.79 Å². The molecule has 0 aliphatic rings. The van der Waals surface area contributed by atoms with Crippen LogP contribution in [0.25, 0.3) is 0 Å². The van der Waals surface area contributed by atoms with E-state index < -0.39 is 5.97 Å². The van der Waals surface area contributed by atoms with Gasteiger partial charge in [0.1, 0.15) is 0 Å². The van der Waals surface area contributed by atoms with Crippen LogP contribution in [0.2, 0.25) is 0 Å². The Bertz CT molecular complexity index is 91.7. The first-order valence-electron chi connectivity index (χ1n) is 3.30. The van der Waals surface area contributed by atoms with E-state index in [1.165, 1.54) is 0 Å². The number of rotatable bonds is 5. The number of carbonyl (C=O) groups is 1. The zero-order valence-corrected chi connectivity index (χ0v) is 6.25. The quantitative estimate of drug-likeness (QED) is 0.334. The molecule has 0 N–H and O–H groups in total. The Labute approximate surface area is 59.9 Å². The fraction of sp³-hybridized carbons (Fsp3) is 0.833. The minimum atomic E-state index is -0.434. The summed E-state index contributed by atoms with van der Waals surface area (Å²) in [6.07, 6.45) is 1.11. The highest BCUT2D eigenvalue weighted by molar-refractivity contribution is 5.68. The molecule has 10 heavy (non-hydrogen) atoms. The van der Waals surface area contributed by atoms with Crippen LogP contribution >= 0.6 is 0 Å². The van der Waals surface area contributed by atoms with Crippen molar-refractivity contribution in [2.45, 2.75) is 26.7 Å². The summed E-state index contributed by atoms with van der Waals surface area (Å²) >= 11 is 0. The van der Waals surface area contributed by atoms with Gasteiger partial charge in [0.2, 0.25) is 0 Å². The second kappa shape index (κ2) is 6.51. The highest BCUT2D eigenvalue weighted by Gasteiger charge is 1.97. The molecule has 0 atom stereocenters. The van der Waals surface area contributed by atoms with Crippen LogP contribution < -0.4 is 0 Å². The molecule has 0 aromatic heterocycles. The molecular weight excluding hydrogens is 136 g/mol. The minimum absolute atomic E-state index is 0.287. The minimum Gasteiger partial charge on any atom is -0.269 e. The van der Waals surface area contributed by atoms with Gasteiger partial charge in [-0.2, -0.15) is 4.89 Å². The van der Waals surface area contributed by atoms with Crippen molar-refractivity contribution < 1.29 is 19.6 Å². The first-order chi connectivity index (χ1) is 4.81. The van der Waals surface area contributed by atoms with Gasteiger partial charge in [-0.3, -0.25) is 4.89 Å². The van der Waals surface area contributed by atoms with Crippen LogP contribution in [0.1, 0.15) is 26.7 Å². The number of hydrogen-bond acceptors (Lipinski definition) is 4. The van der Waals surface area contributed by atoms with Gasteiger partial charge in [0.05, 0.1) is 6.61 Å². The Kier molecular flexibility index (Phi) is 6.11. The SMILES string of the molecule is CCCOOOC(=O)CC. The van der Waals surface area contributed by atoms with Crippen LogP contribution in [0.5, 0.6) is 0 Å². The third-order valence-corrected chi connectivity index (χ3v) is 0.751. The van der Waals surface area contributed by atoms with Crippen molar-refractivity contribution in [1.29, 1.82) is 0 Å². The molecule has 0 bridgehead atoms. The van der Waals surface area contributed by atoms with E-state index in [0.29, 0.717) is 6.61 Å². The fourth-order valence-corrected chi connectivity index (χ4v) is 0.238. The summed E-state index contributed by atoms with van der Waals surface area (Å²) in [6, 6.07) is 0. The van der Waals surface area contributed by atoms with Crippen molar-refractivity contribution >= 4 is 5.97 Å². The zero-order chi connectivity index (χ0) is 7.82. The lowest BCUT2D eigenvalue weighted by Crippen LogP contribution is -2.04. The summed E-state index contributed by atoms with van der Waals surface area (Å²) < 4.78 is 0. The zero-order valence-electron chi connectivity index (χ0n) is 6.25. The van der Waals surface area contributed by atoms with E-state index in [0.717, 1.165) is 6.42 Å². The smallest absolute Gasteiger partial charge is 0.269 e. The van der Waals surface area contributed by atoms with Crippen molar-refractivity contribution in [1.82, 2.24) is 0 Å². The fourth-order valence-electron chi connectivity index (χ4n) is 0.238. The number of carbonyl (C=O) groups excluding carboxylic acids is 1. The van der Waals surface area contributed by atoms with Crippen LogP contribution in [0.3, 0.4) is 0 Å². The molecule has 0 unspecified atom stereocenters. The van der Waals surface area contributed by atoms with E-state index in [4.69, 9.17) is 0 Å². The predicted octanol–water partition coefficient (Wildman–Crippen LogP) is 1.21. The van der Waals surface area contributed by atoms with Crippen molar-refractivity contribution in [2.75, 3.05) is 6.61 Å². The van der Waals surface area contributed by atoms with E-state index in [1.54, 1.807) is 6.92 Å². The lowest BCUT2D eigenvalue weighted by atomic mass is 10.5. The average Bonchev–Trinajstić information content (AvgIpc) is 1.98. The van der Waals surface area contributed by atoms with Crippen LogP contribution in [0.4, 0.5) is 0 Å². The molecule has 0 aromatic rings. The molecule has 0 saturated carbocycles. The molecule has 60 valence electrons. The summed E-state index contributed by atoms with van der Waals surface area (Å²) in [7, 11) is 0. The molecule has 0 heterocycles. The Morgan fingerprint density at radius 1 is 1.40 bits per heavy atom. The summed E-state index contributed by atoms with van der Waals surface area (Å²) in [6.45, 7) is 4.02. The van der Waals surface area contributed by atoms with Crippen molar-refractivity contribution in [3.8, 4) is 0 Å². The molecule has 0 saturated heterocycles. The molecule has 0 amide bonds. The van der Waals surface area contributed by atoms with E-state index in [1.807, 2.05) is 6.92 Å². The van der Waals surface area contributed by atoms with Crippen molar-refractivity contribution in [3.05, 3.63) is 0 Å². The predicted molar refractivity (Wildman–Crippen MR) is 33.7 cm³/mol. The molecule has 0 aromatic carbocycles. The first kappa shape index (κ1) is 9.39. The molecular formula is C6H12O4. The molecule has 0 radical (unpaired) electrons. The van der Waals surface area contributed by atoms with Gasteiger partial charge in [0.15, 0.2) is 0 Å². The van der Waals surface area contributed by atoms with Crippen LogP contribution in [0.15, 0.2) is 0 Å². The van der Waals surface area contributed by atoms with E-state index in [2.05, 4.69) is 14.8 Å². The van der Waals surface area contributed by atoms with Gasteiger partial charge in [-0.1, -0.05) is 13.8 Å². The summed E-state index contributed by atoms with van der Waals surface area (Å²) in [5.41, 5.74) is 0. The molecule has 0 fully saturated rings. The van der Waals surface area contributed by atoms with Crippen molar-refractivity contribution in [3.63, 3.8) is 0 Å². The Morgan fingerprint density at radius 2 is 2.10 bits per heavy atom. The van der Waals surface area contributed by atoms with Gasteiger partial charge in [-0.25, -0.2) is 4.79 Å². The van der Waals surface area contributed by atoms with Gasteiger partial charge >= 0.3 is 5.97 Å². The Morgan fingerprint density at radius 3 is 2.60 bits per heavy atom. The van der Waals surface area contributed by atoms with Gasteiger partial charge in [-0.15, -0.1) is 0 Å². The maximum atomic E-state index is 10.3. The standard InChI is InChI=1S/C6H12O4/c1-3-5-8-10-9-6(7)4-2/h3-5H2,1-2H3. The Balaban J connectivity index is 2.96. The normalized spacial score (nSPS) is 9.40. The monoisotopic (exact) mass is 148 g/mol. The molecule has 4 heteroatoms. The lowest BCUT2D eigenvalue weighted by molar-refractivity contribution is -0.486. The molecule has 0 spiro atoms. The van der Waals surface area contributed by atoms with Crippen LogP contribution in [0, 0.1) is 0 Å². The highest BCUT2D eigenvalue weighted by atomic mass is 17.5. The topological polar surface area (TPSA) is 44.8 Å². The molecule has 0 rings (SSSR count). The second-order valence-corrected chi connectivity index (χ2v) is 1.70. The summed E-state index contributed by atoms with van der Waals surface area (Å²) in [5.74, 6) is -0.434. The second-order valence-electron chi connectivity index (χ2n) is 1.70. The van der Waals surface area contributed by atoms with E-state index >= 15 is 0 Å². The van der Waals surface area contributed by atoms with Gasteiger partial charge in [-0.05, 0) is 11.5 Å². The van der Waals surface area contributed by atoms with Crippen LogP contribution in [-0.4, -0.2) is 12.6 Å². The van der Waals surface area contributed by atoms with Gasteiger partial charge in [0, 0.05) is 6.42 Å². The lowest BCUT2D eigenvalue weighted by Gasteiger charge is -1.98. The number of hydrogen-bond donors (Lipinski definition) is 0. The first-order valence-corrected chi connectivity index (χ1v) is 3.30. The maximum Gasteiger partial charge on any atom is 0.345 e. The van der Waals surface area contributed by atoms with Gasteiger partial charge < -0.3 is 0 Å². The summed E-state index contributed by atoms with van der Waals surface area (Å²) in [4.78, 5) is 18.9. The highest BCUT2D eigenvalue weighted by Crippen LogP contribution is 1.88. The molecule has 0 aliphatic carbocycles. The third-order valence-electron chi connectivity index (χ3n) is 0.751. The van der Waals surface area contributed by atoms with E-state index in [-0.39, 0.29) is 6.42 Å². The van der Waals surface area contributed by atoms with Gasteiger partial charge in [0.25, 0.3) is 0 Å². The average molecular weight is 148 g/mol. The largest absolute Gasteiger partial charge is 0.345 e. The third kappa shape index (κ3) is 5.53. The van der Waals surface area contributed by atoms with Crippen LogP contribution in [-0.2, 0) is 19.6 Å². The Hall–Kier alpha value is -0.610. The molecule has 0 aliphatic heterocycles. The molecule has 4 nitrogen and oxygen atoms in total.